The number of aliphatic hydroxyl groups excluding tert-OH is 1. The van der Waals surface area contributed by atoms with Crippen LogP contribution in [0.15, 0.2) is 18.2 Å². The van der Waals surface area contributed by atoms with Crippen LogP contribution in [0.2, 0.25) is 0 Å². The number of anilines is 1. The fourth-order valence-corrected chi connectivity index (χ4v) is 1.39. The molecule has 0 saturated heterocycles. The lowest BCUT2D eigenvalue weighted by molar-refractivity contribution is 0.182. The van der Waals surface area contributed by atoms with E-state index in [1.807, 2.05) is 37.2 Å². The summed E-state index contributed by atoms with van der Waals surface area (Å²) in [6, 6.07) is 5.66. The van der Waals surface area contributed by atoms with E-state index in [-0.39, 0.29) is 6.54 Å². The fourth-order valence-electron chi connectivity index (χ4n) is 1.39. The number of ether oxygens (including phenoxy) is 1. The van der Waals surface area contributed by atoms with Crippen LogP contribution in [0.3, 0.4) is 0 Å². The average Bonchev–Trinajstić information content (AvgIpc) is 2.27. The summed E-state index contributed by atoms with van der Waals surface area (Å²) in [5.74, 6) is 0.665. The molecule has 1 atom stereocenters. The van der Waals surface area contributed by atoms with Crippen molar-refractivity contribution in [1.82, 2.24) is 0 Å². The Morgan fingerprint density at radius 2 is 2.13 bits per heavy atom. The summed E-state index contributed by atoms with van der Waals surface area (Å²) in [4.78, 5) is 1.96. The highest BCUT2D eigenvalue weighted by molar-refractivity contribution is 5.53. The molecular weight excluding hydrogens is 192 g/mol. The molecule has 0 spiro atoms. The van der Waals surface area contributed by atoms with E-state index < -0.39 is 6.10 Å². The van der Waals surface area contributed by atoms with Gasteiger partial charge in [0.2, 0.25) is 0 Å². The minimum absolute atomic E-state index is 0.188. The van der Waals surface area contributed by atoms with E-state index in [0.717, 1.165) is 11.3 Å². The normalized spacial score (nSPS) is 12.3. The molecule has 3 N–H and O–H groups in total. The summed E-state index contributed by atoms with van der Waals surface area (Å²) in [6.07, 6.45) is -0.681. The molecule has 0 bridgehead atoms. The van der Waals surface area contributed by atoms with Gasteiger partial charge in [-0.05, 0) is 18.2 Å². The molecule has 0 amide bonds. The number of hydrogen-bond acceptors (Lipinski definition) is 4. The summed E-state index contributed by atoms with van der Waals surface area (Å²) in [5, 5.41) is 9.72. The molecular formula is C11H18N2O2. The van der Waals surface area contributed by atoms with Crippen LogP contribution >= 0.6 is 0 Å². The van der Waals surface area contributed by atoms with Crippen molar-refractivity contribution in [1.29, 1.82) is 0 Å². The maximum atomic E-state index is 9.72. The summed E-state index contributed by atoms with van der Waals surface area (Å²) < 4.78 is 5.17. The molecule has 0 radical (unpaired) electrons. The van der Waals surface area contributed by atoms with E-state index in [2.05, 4.69) is 0 Å². The highest BCUT2D eigenvalue weighted by Gasteiger charge is 2.12. The zero-order valence-corrected chi connectivity index (χ0v) is 9.40. The first kappa shape index (κ1) is 11.8. The SMILES string of the molecule is COc1ccc(N(C)C)cc1C(O)CN. The minimum Gasteiger partial charge on any atom is -0.496 e. The van der Waals surface area contributed by atoms with E-state index in [1.54, 1.807) is 7.11 Å². The van der Waals surface area contributed by atoms with Crippen molar-refractivity contribution in [2.45, 2.75) is 6.10 Å². The van der Waals surface area contributed by atoms with Gasteiger partial charge in [-0.3, -0.25) is 0 Å². The fraction of sp³-hybridized carbons (Fsp3) is 0.455. The predicted molar refractivity (Wildman–Crippen MR) is 61.3 cm³/mol. The third-order valence-electron chi connectivity index (χ3n) is 2.31. The van der Waals surface area contributed by atoms with Gasteiger partial charge in [-0.25, -0.2) is 0 Å². The average molecular weight is 210 g/mol. The molecule has 1 unspecified atom stereocenters. The van der Waals surface area contributed by atoms with Crippen molar-refractivity contribution in [3.8, 4) is 5.75 Å². The maximum absolute atomic E-state index is 9.72. The Hall–Kier alpha value is -1.26. The Kier molecular flexibility index (Phi) is 3.94. The molecule has 4 nitrogen and oxygen atoms in total. The molecule has 0 saturated carbocycles. The Morgan fingerprint density at radius 1 is 1.47 bits per heavy atom. The second-order valence-electron chi connectivity index (χ2n) is 3.57. The number of nitrogens with two attached hydrogens (primary N) is 1. The van der Waals surface area contributed by atoms with Crippen LogP contribution in [0.5, 0.6) is 5.75 Å². The first-order valence-electron chi connectivity index (χ1n) is 4.83. The second kappa shape index (κ2) is 5.00. The van der Waals surface area contributed by atoms with Gasteiger partial charge in [0.15, 0.2) is 0 Å². The van der Waals surface area contributed by atoms with Crippen molar-refractivity contribution in [3.63, 3.8) is 0 Å². The standard InChI is InChI=1S/C11H18N2O2/c1-13(2)8-4-5-11(15-3)9(6-8)10(14)7-12/h4-6,10,14H,7,12H2,1-3H3. The van der Waals surface area contributed by atoms with Crippen molar-refractivity contribution < 1.29 is 9.84 Å². The molecule has 1 aromatic rings. The van der Waals surface area contributed by atoms with Gasteiger partial charge in [0.1, 0.15) is 5.75 Å². The Balaban J connectivity index is 3.13. The summed E-state index contributed by atoms with van der Waals surface area (Å²) in [7, 11) is 5.47. The van der Waals surface area contributed by atoms with E-state index >= 15 is 0 Å². The summed E-state index contributed by atoms with van der Waals surface area (Å²) >= 11 is 0. The number of aliphatic hydroxyl groups is 1. The molecule has 0 aliphatic rings. The molecule has 4 heteroatoms. The van der Waals surface area contributed by atoms with Crippen LogP contribution in [0.1, 0.15) is 11.7 Å². The molecule has 0 heterocycles. The monoisotopic (exact) mass is 210 g/mol. The first-order valence-corrected chi connectivity index (χ1v) is 4.83. The van der Waals surface area contributed by atoms with Crippen molar-refractivity contribution in [3.05, 3.63) is 23.8 Å². The van der Waals surface area contributed by atoms with Gasteiger partial charge < -0.3 is 20.5 Å². The van der Waals surface area contributed by atoms with Gasteiger partial charge >= 0.3 is 0 Å². The van der Waals surface area contributed by atoms with E-state index in [1.165, 1.54) is 0 Å². The zero-order valence-electron chi connectivity index (χ0n) is 9.40. The van der Waals surface area contributed by atoms with Crippen LogP contribution in [0.25, 0.3) is 0 Å². The predicted octanol–water partition coefficient (Wildman–Crippen LogP) is 0.753. The zero-order chi connectivity index (χ0) is 11.4. The lowest BCUT2D eigenvalue weighted by Gasteiger charge is -2.18. The molecule has 15 heavy (non-hydrogen) atoms. The minimum atomic E-state index is -0.681. The molecule has 0 aliphatic carbocycles. The molecule has 0 aromatic heterocycles. The van der Waals surface area contributed by atoms with Crippen molar-refractivity contribution in [2.24, 2.45) is 5.73 Å². The highest BCUT2D eigenvalue weighted by Crippen LogP contribution is 2.28. The lowest BCUT2D eigenvalue weighted by atomic mass is 10.1. The van der Waals surface area contributed by atoms with Gasteiger partial charge in [0.05, 0.1) is 13.2 Å². The number of rotatable bonds is 4. The van der Waals surface area contributed by atoms with Gasteiger partial charge in [-0.2, -0.15) is 0 Å². The largest absolute Gasteiger partial charge is 0.496 e. The second-order valence-corrected chi connectivity index (χ2v) is 3.57. The Labute approximate surface area is 90.3 Å². The van der Waals surface area contributed by atoms with Crippen molar-refractivity contribution >= 4 is 5.69 Å². The quantitative estimate of drug-likeness (QED) is 0.770. The third kappa shape index (κ3) is 2.61. The van der Waals surface area contributed by atoms with Crippen LogP contribution in [0.4, 0.5) is 5.69 Å². The Morgan fingerprint density at radius 3 is 2.60 bits per heavy atom. The molecule has 0 aliphatic heterocycles. The molecule has 84 valence electrons. The number of nitrogens with zero attached hydrogens (tertiary/aromatic N) is 1. The van der Waals surface area contributed by atoms with E-state index in [0.29, 0.717) is 5.75 Å². The van der Waals surface area contributed by atoms with Gasteiger partial charge in [-0.15, -0.1) is 0 Å². The molecule has 0 fully saturated rings. The Bertz CT molecular complexity index is 326. The summed E-state index contributed by atoms with van der Waals surface area (Å²) in [5.41, 5.74) is 7.17. The smallest absolute Gasteiger partial charge is 0.124 e. The van der Waals surface area contributed by atoms with Gasteiger partial charge in [0.25, 0.3) is 0 Å². The van der Waals surface area contributed by atoms with Crippen LogP contribution in [-0.4, -0.2) is 32.9 Å². The number of methoxy groups -OCH3 is 1. The highest BCUT2D eigenvalue weighted by atomic mass is 16.5. The van der Waals surface area contributed by atoms with Gasteiger partial charge in [0, 0.05) is 31.9 Å². The van der Waals surface area contributed by atoms with Crippen LogP contribution < -0.4 is 15.4 Å². The van der Waals surface area contributed by atoms with Crippen LogP contribution in [0, 0.1) is 0 Å². The van der Waals surface area contributed by atoms with Crippen LogP contribution in [-0.2, 0) is 0 Å². The lowest BCUT2D eigenvalue weighted by Crippen LogP contribution is -2.14. The first-order chi connectivity index (χ1) is 7.10. The number of benzene rings is 1. The van der Waals surface area contributed by atoms with E-state index in [4.69, 9.17) is 10.5 Å². The summed E-state index contributed by atoms with van der Waals surface area (Å²) in [6.45, 7) is 0.188. The molecule has 1 aromatic carbocycles. The maximum Gasteiger partial charge on any atom is 0.124 e. The van der Waals surface area contributed by atoms with E-state index in [9.17, 15) is 5.11 Å². The number of hydrogen-bond donors (Lipinski definition) is 2. The van der Waals surface area contributed by atoms with Gasteiger partial charge in [-0.1, -0.05) is 0 Å². The molecule has 1 rings (SSSR count). The van der Waals surface area contributed by atoms with Crippen molar-refractivity contribution in [2.75, 3.05) is 32.6 Å². The third-order valence-corrected chi connectivity index (χ3v) is 2.31. The topological polar surface area (TPSA) is 58.7 Å².